The van der Waals surface area contributed by atoms with Gasteiger partial charge in [-0.05, 0) is 55.7 Å². The van der Waals surface area contributed by atoms with Crippen LogP contribution in [0.25, 0.3) is 0 Å². The van der Waals surface area contributed by atoms with Crippen LogP contribution in [-0.4, -0.2) is 19.5 Å². The van der Waals surface area contributed by atoms with Crippen molar-refractivity contribution in [2.75, 3.05) is 0 Å². The summed E-state index contributed by atoms with van der Waals surface area (Å²) in [6.45, 7) is 2.09. The van der Waals surface area contributed by atoms with E-state index < -0.39 is 21.8 Å². The van der Waals surface area contributed by atoms with Gasteiger partial charge in [0.15, 0.2) is 0 Å². The van der Waals surface area contributed by atoms with Gasteiger partial charge in [-0.25, -0.2) is 17.5 Å². The lowest BCUT2D eigenvalue weighted by molar-refractivity contribution is -0.137. The van der Waals surface area contributed by atoms with Crippen LogP contribution in [0.3, 0.4) is 0 Å². The van der Waals surface area contributed by atoms with Crippen LogP contribution in [0, 0.1) is 5.82 Å². The van der Waals surface area contributed by atoms with Gasteiger partial charge in [0.25, 0.3) is 0 Å². The Morgan fingerprint density at radius 3 is 2.50 bits per heavy atom. The summed E-state index contributed by atoms with van der Waals surface area (Å²) in [5, 5.41) is 8.76. The van der Waals surface area contributed by atoms with Crippen molar-refractivity contribution in [3.05, 3.63) is 52.0 Å². The minimum absolute atomic E-state index is 0.0348. The zero-order valence-electron chi connectivity index (χ0n) is 15.9. The molecule has 1 unspecified atom stereocenters. The van der Waals surface area contributed by atoms with Crippen molar-refractivity contribution in [2.45, 2.75) is 62.8 Å². The number of aryl methyl sites for hydroxylation is 1. The molecule has 0 fully saturated rings. The number of benzene rings is 1. The van der Waals surface area contributed by atoms with E-state index in [1.54, 1.807) is 0 Å². The summed E-state index contributed by atoms with van der Waals surface area (Å²) in [7, 11) is -3.77. The van der Waals surface area contributed by atoms with E-state index in [-0.39, 0.29) is 17.4 Å². The van der Waals surface area contributed by atoms with E-state index in [0.29, 0.717) is 19.3 Å². The maximum Gasteiger partial charge on any atom is 0.303 e. The number of hydrogen-bond acceptors (Lipinski definition) is 4. The van der Waals surface area contributed by atoms with E-state index in [0.717, 1.165) is 41.1 Å². The van der Waals surface area contributed by atoms with Crippen molar-refractivity contribution in [1.82, 2.24) is 4.72 Å². The highest BCUT2D eigenvalue weighted by Gasteiger charge is 2.22. The van der Waals surface area contributed by atoms with E-state index in [1.807, 2.05) is 12.1 Å². The van der Waals surface area contributed by atoms with Gasteiger partial charge < -0.3 is 5.11 Å². The molecule has 1 atom stereocenters. The first-order valence-corrected chi connectivity index (χ1v) is 11.7. The van der Waals surface area contributed by atoms with Gasteiger partial charge >= 0.3 is 5.97 Å². The molecule has 1 heterocycles. The molecule has 154 valence electrons. The molecule has 0 bridgehead atoms. The largest absolute Gasteiger partial charge is 0.481 e. The fourth-order valence-corrected chi connectivity index (χ4v) is 5.32. The molecule has 0 aliphatic heterocycles. The highest BCUT2D eigenvalue weighted by atomic mass is 32.2. The summed E-state index contributed by atoms with van der Waals surface area (Å²) in [5.41, 5.74) is 0. The average Bonchev–Trinajstić information content (AvgIpc) is 3.10. The van der Waals surface area contributed by atoms with Gasteiger partial charge in [-0.1, -0.05) is 26.2 Å². The van der Waals surface area contributed by atoms with Gasteiger partial charge in [-0.2, -0.15) is 0 Å². The van der Waals surface area contributed by atoms with Crippen LogP contribution in [0.4, 0.5) is 4.39 Å². The summed E-state index contributed by atoms with van der Waals surface area (Å²) in [6.07, 6.45) is 4.92. The number of sulfonamides is 1. The highest BCUT2D eigenvalue weighted by Crippen LogP contribution is 2.30. The zero-order chi connectivity index (χ0) is 20.6. The normalized spacial score (nSPS) is 12.8. The number of rotatable bonds is 12. The molecule has 0 spiro atoms. The molecule has 0 radical (unpaired) electrons. The number of hydrogen-bond donors (Lipinski definition) is 2. The fourth-order valence-electron chi connectivity index (χ4n) is 2.86. The lowest BCUT2D eigenvalue weighted by atomic mass is 10.1. The molecule has 0 saturated carbocycles. The molecule has 5 nitrogen and oxygen atoms in total. The SMILES string of the molecule is CCCCCC(NS(=O)(=O)c1ccc(F)cc1)c1ccc(CCCC(=O)O)s1. The summed E-state index contributed by atoms with van der Waals surface area (Å²) in [4.78, 5) is 12.6. The first kappa shape index (κ1) is 22.5. The Labute approximate surface area is 169 Å². The molecule has 2 rings (SSSR count). The molecule has 8 heteroatoms. The smallest absolute Gasteiger partial charge is 0.303 e. The molecule has 0 aliphatic rings. The Kier molecular flexibility index (Phi) is 8.59. The van der Waals surface area contributed by atoms with E-state index >= 15 is 0 Å². The second-order valence-electron chi connectivity index (χ2n) is 6.67. The summed E-state index contributed by atoms with van der Waals surface area (Å²) in [6, 6.07) is 8.25. The fraction of sp³-hybridized carbons (Fsp3) is 0.450. The van der Waals surface area contributed by atoms with Crippen LogP contribution in [0.2, 0.25) is 0 Å². The molecule has 0 aliphatic carbocycles. The van der Waals surface area contributed by atoms with E-state index in [9.17, 15) is 17.6 Å². The lowest BCUT2D eigenvalue weighted by Crippen LogP contribution is -2.28. The standard InChI is InChI=1S/C20H26FNO4S2/c1-2-3-4-7-18(19-14-11-16(27-19)6-5-8-20(23)24)22-28(25,26)17-12-9-15(21)10-13-17/h9-14,18,22H,2-8H2,1H3,(H,23,24). The minimum Gasteiger partial charge on any atom is -0.481 e. The minimum atomic E-state index is -3.77. The maximum absolute atomic E-state index is 13.1. The molecule has 28 heavy (non-hydrogen) atoms. The van der Waals surface area contributed by atoms with Crippen LogP contribution in [0.15, 0.2) is 41.3 Å². The van der Waals surface area contributed by atoms with Crippen molar-refractivity contribution >= 4 is 27.3 Å². The number of carboxylic acid groups (broad SMARTS) is 1. The van der Waals surface area contributed by atoms with Gasteiger partial charge in [0.2, 0.25) is 10.0 Å². The van der Waals surface area contributed by atoms with Gasteiger partial charge in [-0.3, -0.25) is 4.79 Å². The second kappa shape index (κ2) is 10.7. The Balaban J connectivity index is 2.14. The van der Waals surface area contributed by atoms with Crippen molar-refractivity contribution < 1.29 is 22.7 Å². The van der Waals surface area contributed by atoms with Gasteiger partial charge in [0.05, 0.1) is 10.9 Å². The zero-order valence-corrected chi connectivity index (χ0v) is 17.5. The van der Waals surface area contributed by atoms with Crippen molar-refractivity contribution in [1.29, 1.82) is 0 Å². The molecule has 0 saturated heterocycles. The average molecular weight is 428 g/mol. The Bertz CT molecular complexity index is 863. The third kappa shape index (κ3) is 7.00. The molecule has 0 amide bonds. The van der Waals surface area contributed by atoms with Gasteiger partial charge in [0, 0.05) is 16.2 Å². The molecule has 1 aromatic carbocycles. The number of carboxylic acids is 1. The third-order valence-electron chi connectivity index (χ3n) is 4.36. The Morgan fingerprint density at radius 2 is 1.86 bits per heavy atom. The topological polar surface area (TPSA) is 83.5 Å². The molecule has 2 N–H and O–H groups in total. The Hall–Kier alpha value is -1.77. The van der Waals surface area contributed by atoms with E-state index in [4.69, 9.17) is 5.11 Å². The second-order valence-corrected chi connectivity index (χ2v) is 9.59. The van der Waals surface area contributed by atoms with Crippen LogP contribution in [0.1, 0.15) is 61.2 Å². The molecule has 2 aromatic rings. The first-order valence-electron chi connectivity index (χ1n) is 9.40. The quantitative estimate of drug-likeness (QED) is 0.472. The van der Waals surface area contributed by atoms with E-state index in [2.05, 4.69) is 11.6 Å². The highest BCUT2D eigenvalue weighted by molar-refractivity contribution is 7.89. The summed E-state index contributed by atoms with van der Waals surface area (Å²) >= 11 is 1.51. The van der Waals surface area contributed by atoms with Crippen LogP contribution >= 0.6 is 11.3 Å². The number of thiophene rings is 1. The van der Waals surface area contributed by atoms with Crippen LogP contribution in [-0.2, 0) is 21.2 Å². The van der Waals surface area contributed by atoms with Crippen molar-refractivity contribution in [3.63, 3.8) is 0 Å². The van der Waals surface area contributed by atoms with Gasteiger partial charge in [0.1, 0.15) is 5.82 Å². The number of aliphatic carboxylic acids is 1. The number of halogens is 1. The number of carbonyl (C=O) groups is 1. The van der Waals surface area contributed by atoms with E-state index in [1.165, 1.54) is 23.5 Å². The monoisotopic (exact) mass is 427 g/mol. The predicted octanol–water partition coefficient (Wildman–Crippen LogP) is 4.89. The van der Waals surface area contributed by atoms with Gasteiger partial charge in [-0.15, -0.1) is 11.3 Å². The van der Waals surface area contributed by atoms with Crippen molar-refractivity contribution in [2.24, 2.45) is 0 Å². The van der Waals surface area contributed by atoms with Crippen molar-refractivity contribution in [3.8, 4) is 0 Å². The Morgan fingerprint density at radius 1 is 1.14 bits per heavy atom. The summed E-state index contributed by atoms with van der Waals surface area (Å²) in [5.74, 6) is -1.30. The summed E-state index contributed by atoms with van der Waals surface area (Å²) < 4.78 is 41.3. The molecular weight excluding hydrogens is 401 g/mol. The molecule has 1 aromatic heterocycles. The number of unbranched alkanes of at least 4 members (excludes halogenated alkanes) is 2. The first-order chi connectivity index (χ1) is 13.3. The molecular formula is C20H26FNO4S2. The number of nitrogens with one attached hydrogen (secondary N) is 1. The van der Waals surface area contributed by atoms with Crippen LogP contribution in [0.5, 0.6) is 0 Å². The predicted molar refractivity (Wildman–Crippen MR) is 108 cm³/mol. The maximum atomic E-state index is 13.1. The third-order valence-corrected chi connectivity index (χ3v) is 7.10. The van der Waals surface area contributed by atoms with Crippen LogP contribution < -0.4 is 4.72 Å². The lowest BCUT2D eigenvalue weighted by Gasteiger charge is -2.18.